The Morgan fingerprint density at radius 3 is 2.67 bits per heavy atom. The van der Waals surface area contributed by atoms with Crippen molar-refractivity contribution < 1.29 is 18.7 Å². The highest BCUT2D eigenvalue weighted by atomic mass is 19.1. The van der Waals surface area contributed by atoms with Crippen LogP contribution in [0.1, 0.15) is 12.5 Å². The van der Waals surface area contributed by atoms with Gasteiger partial charge < -0.3 is 24.6 Å². The van der Waals surface area contributed by atoms with Gasteiger partial charge in [-0.15, -0.1) is 0 Å². The van der Waals surface area contributed by atoms with E-state index >= 15 is 0 Å². The lowest BCUT2D eigenvalue weighted by molar-refractivity contribution is 0.0914. The first-order chi connectivity index (χ1) is 14.6. The number of ether oxygens (including phenoxy) is 2. The van der Waals surface area contributed by atoms with Gasteiger partial charge in [0.15, 0.2) is 5.96 Å². The van der Waals surface area contributed by atoms with Crippen molar-refractivity contribution in [1.29, 1.82) is 0 Å². The smallest absolute Gasteiger partial charge is 0.409 e. The highest BCUT2D eigenvalue weighted by Crippen LogP contribution is 2.23. The van der Waals surface area contributed by atoms with Gasteiger partial charge >= 0.3 is 6.09 Å². The van der Waals surface area contributed by atoms with Crippen LogP contribution < -0.4 is 10.1 Å². The molecule has 1 saturated heterocycles. The fraction of sp³-hybridized carbons (Fsp3) is 0.381. The molecule has 2 heterocycles. The van der Waals surface area contributed by atoms with Gasteiger partial charge in [0.2, 0.25) is 5.88 Å². The number of carbonyl (C=O) groups excluding carboxylic acids is 1. The molecule has 1 N–H and O–H groups in total. The Morgan fingerprint density at radius 1 is 1.20 bits per heavy atom. The highest BCUT2D eigenvalue weighted by Gasteiger charge is 2.23. The fourth-order valence-corrected chi connectivity index (χ4v) is 3.11. The molecule has 0 radical (unpaired) electrons. The van der Waals surface area contributed by atoms with Crippen molar-refractivity contribution in [2.45, 2.75) is 13.5 Å². The van der Waals surface area contributed by atoms with Gasteiger partial charge in [-0.1, -0.05) is 12.1 Å². The molecule has 1 amide bonds. The molecule has 30 heavy (non-hydrogen) atoms. The second-order valence-corrected chi connectivity index (χ2v) is 6.60. The number of aliphatic imine (C=N–C) groups is 1. The van der Waals surface area contributed by atoms with Crippen molar-refractivity contribution in [2.24, 2.45) is 4.99 Å². The molecule has 160 valence electrons. The SMILES string of the molecule is CCOC(=O)N1CCN(C(=NC)NCc2cccnc2Oc2cccc(F)c2)CC1. The van der Waals surface area contributed by atoms with Gasteiger partial charge in [0, 0.05) is 57.6 Å². The molecular weight excluding hydrogens is 389 g/mol. The summed E-state index contributed by atoms with van der Waals surface area (Å²) >= 11 is 0. The van der Waals surface area contributed by atoms with E-state index in [1.165, 1.54) is 12.1 Å². The van der Waals surface area contributed by atoms with Crippen LogP contribution in [-0.2, 0) is 11.3 Å². The van der Waals surface area contributed by atoms with Gasteiger partial charge in [-0.05, 0) is 25.1 Å². The minimum Gasteiger partial charge on any atom is -0.450 e. The first-order valence-electron chi connectivity index (χ1n) is 9.85. The molecule has 9 heteroatoms. The van der Waals surface area contributed by atoms with Crippen LogP contribution in [-0.4, -0.2) is 66.7 Å². The second kappa shape index (κ2) is 10.4. The van der Waals surface area contributed by atoms with Crippen molar-refractivity contribution in [1.82, 2.24) is 20.1 Å². The van der Waals surface area contributed by atoms with Gasteiger partial charge in [0.25, 0.3) is 0 Å². The number of aromatic nitrogens is 1. The Bertz CT molecular complexity index is 884. The van der Waals surface area contributed by atoms with Crippen LogP contribution >= 0.6 is 0 Å². The number of nitrogens with zero attached hydrogens (tertiary/aromatic N) is 4. The maximum Gasteiger partial charge on any atom is 0.409 e. The lowest BCUT2D eigenvalue weighted by Crippen LogP contribution is -2.53. The third-order valence-electron chi connectivity index (χ3n) is 4.61. The molecular formula is C21H26FN5O3. The van der Waals surface area contributed by atoms with E-state index in [2.05, 4.69) is 20.2 Å². The molecule has 0 bridgehead atoms. The molecule has 0 atom stereocenters. The van der Waals surface area contributed by atoms with E-state index in [1.807, 2.05) is 12.1 Å². The molecule has 1 fully saturated rings. The molecule has 0 spiro atoms. The van der Waals surface area contributed by atoms with E-state index < -0.39 is 0 Å². The van der Waals surface area contributed by atoms with E-state index in [0.717, 1.165) is 11.5 Å². The number of carbonyl (C=O) groups is 1. The summed E-state index contributed by atoms with van der Waals surface area (Å²) in [6.45, 7) is 5.04. The first-order valence-corrected chi connectivity index (χ1v) is 9.85. The van der Waals surface area contributed by atoms with Crippen LogP contribution in [0.2, 0.25) is 0 Å². The number of benzene rings is 1. The summed E-state index contributed by atoms with van der Waals surface area (Å²) in [5.41, 5.74) is 0.813. The summed E-state index contributed by atoms with van der Waals surface area (Å²) in [6.07, 6.45) is 1.34. The van der Waals surface area contributed by atoms with E-state index in [1.54, 1.807) is 37.2 Å². The number of hydrogen-bond donors (Lipinski definition) is 1. The number of rotatable bonds is 5. The average Bonchev–Trinajstić information content (AvgIpc) is 2.76. The number of piperazine rings is 1. The van der Waals surface area contributed by atoms with Crippen molar-refractivity contribution in [2.75, 3.05) is 39.8 Å². The van der Waals surface area contributed by atoms with Gasteiger partial charge in [-0.25, -0.2) is 14.2 Å². The summed E-state index contributed by atoms with van der Waals surface area (Å²) in [6, 6.07) is 9.64. The summed E-state index contributed by atoms with van der Waals surface area (Å²) in [7, 11) is 1.72. The third-order valence-corrected chi connectivity index (χ3v) is 4.61. The summed E-state index contributed by atoms with van der Waals surface area (Å²) < 4.78 is 24.2. The zero-order valence-electron chi connectivity index (χ0n) is 17.2. The Morgan fingerprint density at radius 2 is 1.97 bits per heavy atom. The van der Waals surface area contributed by atoms with E-state index in [9.17, 15) is 9.18 Å². The lowest BCUT2D eigenvalue weighted by atomic mass is 10.2. The predicted octanol–water partition coefficient (Wildman–Crippen LogP) is 2.86. The number of hydrogen-bond acceptors (Lipinski definition) is 5. The number of nitrogens with one attached hydrogen (secondary N) is 1. The van der Waals surface area contributed by atoms with Crippen LogP contribution in [0.5, 0.6) is 11.6 Å². The van der Waals surface area contributed by atoms with Crippen LogP contribution in [0.3, 0.4) is 0 Å². The Hall–Kier alpha value is -3.36. The standard InChI is InChI=1S/C21H26FN5O3/c1-3-29-21(28)27-12-10-26(11-13-27)20(23-2)25-15-16-6-5-9-24-19(16)30-18-8-4-7-17(22)14-18/h4-9,14H,3,10-13,15H2,1-2H3,(H,23,25). The summed E-state index contributed by atoms with van der Waals surface area (Å²) in [5.74, 6) is 1.14. The van der Waals surface area contributed by atoms with Crippen molar-refractivity contribution >= 4 is 12.1 Å². The molecule has 1 aliphatic rings. The van der Waals surface area contributed by atoms with Crippen molar-refractivity contribution in [3.8, 4) is 11.6 Å². The van der Waals surface area contributed by atoms with E-state index in [4.69, 9.17) is 9.47 Å². The molecule has 0 unspecified atom stereocenters. The third kappa shape index (κ3) is 5.59. The molecule has 3 rings (SSSR count). The van der Waals surface area contributed by atoms with Gasteiger partial charge in [0.1, 0.15) is 11.6 Å². The summed E-state index contributed by atoms with van der Waals surface area (Å²) in [5, 5.41) is 3.31. The molecule has 1 aliphatic heterocycles. The van der Waals surface area contributed by atoms with E-state index in [0.29, 0.717) is 51.0 Å². The van der Waals surface area contributed by atoms with Gasteiger partial charge in [0.05, 0.1) is 6.61 Å². The molecule has 0 saturated carbocycles. The number of halogens is 1. The molecule has 2 aromatic rings. The van der Waals surface area contributed by atoms with Crippen LogP contribution in [0.25, 0.3) is 0 Å². The Kier molecular flexibility index (Phi) is 7.42. The fourth-order valence-electron chi connectivity index (χ4n) is 3.11. The second-order valence-electron chi connectivity index (χ2n) is 6.60. The number of guanidine groups is 1. The van der Waals surface area contributed by atoms with Gasteiger partial charge in [-0.2, -0.15) is 0 Å². The minimum absolute atomic E-state index is 0.283. The highest BCUT2D eigenvalue weighted by molar-refractivity contribution is 5.80. The Labute approximate surface area is 175 Å². The topological polar surface area (TPSA) is 79.3 Å². The normalized spacial score (nSPS) is 14.4. The van der Waals surface area contributed by atoms with Crippen LogP contribution in [0.15, 0.2) is 47.6 Å². The molecule has 0 aliphatic carbocycles. The minimum atomic E-state index is -0.370. The number of pyridine rings is 1. The molecule has 1 aromatic carbocycles. The van der Waals surface area contributed by atoms with E-state index in [-0.39, 0.29) is 11.9 Å². The Balaban J connectivity index is 1.59. The van der Waals surface area contributed by atoms with Gasteiger partial charge in [-0.3, -0.25) is 4.99 Å². The van der Waals surface area contributed by atoms with Crippen molar-refractivity contribution in [3.05, 3.63) is 54.0 Å². The maximum atomic E-state index is 13.4. The van der Waals surface area contributed by atoms with Crippen LogP contribution in [0, 0.1) is 5.82 Å². The quantitative estimate of drug-likeness (QED) is 0.598. The number of amides is 1. The predicted molar refractivity (Wildman–Crippen MR) is 111 cm³/mol. The van der Waals surface area contributed by atoms with Crippen molar-refractivity contribution in [3.63, 3.8) is 0 Å². The monoisotopic (exact) mass is 415 g/mol. The maximum absolute atomic E-state index is 13.4. The summed E-state index contributed by atoms with van der Waals surface area (Å²) in [4.78, 5) is 24.2. The van der Waals surface area contributed by atoms with Crippen LogP contribution in [0.4, 0.5) is 9.18 Å². The molecule has 8 nitrogen and oxygen atoms in total. The zero-order valence-corrected chi connectivity index (χ0v) is 17.2. The molecule has 1 aromatic heterocycles. The average molecular weight is 415 g/mol. The lowest BCUT2D eigenvalue weighted by Gasteiger charge is -2.35. The largest absolute Gasteiger partial charge is 0.450 e. The first kappa shape index (κ1) is 21.4. The zero-order chi connectivity index (χ0) is 21.3.